The summed E-state index contributed by atoms with van der Waals surface area (Å²) in [5.41, 5.74) is 1.04. The average Bonchev–Trinajstić information content (AvgIpc) is 3.35. The molecule has 5 nitrogen and oxygen atoms in total. The highest BCUT2D eigenvalue weighted by atomic mass is 16.3. The Labute approximate surface area is 148 Å². The molecule has 0 bridgehead atoms. The SMILES string of the molecule is O=C(NCc1ccc(N2CCCCCC2)nc1)C1CC1c1ccco1. The molecular formula is C20H25N3O2. The number of furan rings is 1. The van der Waals surface area contributed by atoms with E-state index in [-0.39, 0.29) is 17.7 Å². The number of nitrogens with zero attached hydrogens (tertiary/aromatic N) is 2. The van der Waals surface area contributed by atoms with E-state index in [1.54, 1.807) is 6.26 Å². The van der Waals surface area contributed by atoms with E-state index in [9.17, 15) is 4.79 Å². The van der Waals surface area contributed by atoms with E-state index in [4.69, 9.17) is 4.42 Å². The maximum atomic E-state index is 12.3. The topological polar surface area (TPSA) is 58.4 Å². The van der Waals surface area contributed by atoms with Gasteiger partial charge in [-0.2, -0.15) is 0 Å². The zero-order valence-corrected chi connectivity index (χ0v) is 14.5. The molecule has 1 saturated carbocycles. The lowest BCUT2D eigenvalue weighted by molar-refractivity contribution is -0.122. The molecule has 132 valence electrons. The number of hydrogen-bond acceptors (Lipinski definition) is 4. The first kappa shape index (κ1) is 16.2. The fourth-order valence-electron chi connectivity index (χ4n) is 3.63. The minimum Gasteiger partial charge on any atom is -0.469 e. The van der Waals surface area contributed by atoms with Gasteiger partial charge < -0.3 is 14.6 Å². The Morgan fingerprint density at radius 3 is 2.72 bits per heavy atom. The first-order valence-corrected chi connectivity index (χ1v) is 9.32. The van der Waals surface area contributed by atoms with Crippen LogP contribution in [-0.2, 0) is 11.3 Å². The number of nitrogens with one attached hydrogen (secondary N) is 1. The van der Waals surface area contributed by atoms with E-state index >= 15 is 0 Å². The first-order valence-electron chi connectivity index (χ1n) is 9.32. The number of carbonyl (C=O) groups is 1. The first-order chi connectivity index (χ1) is 12.3. The van der Waals surface area contributed by atoms with Crippen LogP contribution in [0.3, 0.4) is 0 Å². The molecule has 0 radical (unpaired) electrons. The van der Waals surface area contributed by atoms with Crippen LogP contribution in [-0.4, -0.2) is 24.0 Å². The van der Waals surface area contributed by atoms with E-state index in [0.717, 1.165) is 36.7 Å². The van der Waals surface area contributed by atoms with Crippen LogP contribution in [0.5, 0.6) is 0 Å². The predicted molar refractivity (Wildman–Crippen MR) is 96.3 cm³/mol. The standard InChI is InChI=1S/C20H25N3O2/c24-20(17-12-16(17)18-6-5-11-25-18)22-14-15-7-8-19(21-13-15)23-9-3-1-2-4-10-23/h5-8,11,13,16-17H,1-4,9-10,12,14H2,(H,22,24). The van der Waals surface area contributed by atoms with Crippen molar-refractivity contribution in [2.45, 2.75) is 44.6 Å². The lowest BCUT2D eigenvalue weighted by Gasteiger charge is -2.21. The van der Waals surface area contributed by atoms with E-state index in [1.165, 1.54) is 25.7 Å². The maximum Gasteiger partial charge on any atom is 0.224 e. The van der Waals surface area contributed by atoms with Crippen LogP contribution in [0.1, 0.15) is 49.3 Å². The number of carbonyl (C=O) groups excluding carboxylic acids is 1. The minimum atomic E-state index is 0.0514. The van der Waals surface area contributed by atoms with Crippen molar-refractivity contribution >= 4 is 11.7 Å². The molecular weight excluding hydrogens is 314 g/mol. The van der Waals surface area contributed by atoms with Gasteiger partial charge in [-0.05, 0) is 43.0 Å². The summed E-state index contributed by atoms with van der Waals surface area (Å²) in [6.45, 7) is 2.73. The molecule has 0 spiro atoms. The molecule has 2 aromatic heterocycles. The molecule has 1 N–H and O–H groups in total. The number of amides is 1. The van der Waals surface area contributed by atoms with Gasteiger partial charge in [0.1, 0.15) is 11.6 Å². The smallest absolute Gasteiger partial charge is 0.224 e. The highest BCUT2D eigenvalue weighted by molar-refractivity contribution is 5.82. The Bertz CT molecular complexity index is 688. The van der Waals surface area contributed by atoms with Crippen LogP contribution in [0, 0.1) is 5.92 Å². The summed E-state index contributed by atoms with van der Waals surface area (Å²) in [5.74, 6) is 2.38. The average molecular weight is 339 g/mol. The zero-order chi connectivity index (χ0) is 17.1. The summed E-state index contributed by atoms with van der Waals surface area (Å²) in [6.07, 6.45) is 9.57. The highest BCUT2D eigenvalue weighted by Gasteiger charge is 2.45. The van der Waals surface area contributed by atoms with Crippen LogP contribution >= 0.6 is 0 Å². The van der Waals surface area contributed by atoms with Crippen molar-refractivity contribution in [3.63, 3.8) is 0 Å². The van der Waals surface area contributed by atoms with Crippen molar-refractivity contribution in [3.8, 4) is 0 Å². The summed E-state index contributed by atoms with van der Waals surface area (Å²) in [7, 11) is 0. The third-order valence-corrected chi connectivity index (χ3v) is 5.24. The van der Waals surface area contributed by atoms with Crippen LogP contribution in [0.2, 0.25) is 0 Å². The third-order valence-electron chi connectivity index (χ3n) is 5.24. The van der Waals surface area contributed by atoms with Crippen LogP contribution < -0.4 is 10.2 Å². The summed E-state index contributed by atoms with van der Waals surface area (Å²) >= 11 is 0. The van der Waals surface area contributed by atoms with Gasteiger partial charge in [0.15, 0.2) is 0 Å². The van der Waals surface area contributed by atoms with Gasteiger partial charge in [0, 0.05) is 37.7 Å². The molecule has 2 aromatic rings. The van der Waals surface area contributed by atoms with E-state index in [1.807, 2.05) is 18.3 Å². The summed E-state index contributed by atoms with van der Waals surface area (Å²) in [6, 6.07) is 7.98. The van der Waals surface area contributed by atoms with Gasteiger partial charge in [-0.25, -0.2) is 4.98 Å². The summed E-state index contributed by atoms with van der Waals surface area (Å²) < 4.78 is 5.39. The number of hydrogen-bond donors (Lipinski definition) is 1. The molecule has 0 aromatic carbocycles. The minimum absolute atomic E-state index is 0.0514. The largest absolute Gasteiger partial charge is 0.469 e. The van der Waals surface area contributed by atoms with E-state index < -0.39 is 0 Å². The summed E-state index contributed by atoms with van der Waals surface area (Å²) in [4.78, 5) is 19.2. The fourth-order valence-corrected chi connectivity index (χ4v) is 3.63. The van der Waals surface area contributed by atoms with E-state index in [2.05, 4.69) is 27.3 Å². The van der Waals surface area contributed by atoms with E-state index in [0.29, 0.717) is 6.54 Å². The molecule has 2 unspecified atom stereocenters. The summed E-state index contributed by atoms with van der Waals surface area (Å²) in [5, 5.41) is 3.03. The monoisotopic (exact) mass is 339 g/mol. The lowest BCUT2D eigenvalue weighted by Crippen LogP contribution is -2.26. The molecule has 1 aliphatic heterocycles. The van der Waals surface area contributed by atoms with Crippen LogP contribution in [0.15, 0.2) is 41.1 Å². The molecule has 2 atom stereocenters. The molecule has 3 heterocycles. The van der Waals surface area contributed by atoms with Gasteiger partial charge >= 0.3 is 0 Å². The van der Waals surface area contributed by atoms with Crippen LogP contribution in [0.25, 0.3) is 0 Å². The van der Waals surface area contributed by atoms with Gasteiger partial charge in [0.05, 0.1) is 6.26 Å². The molecule has 5 heteroatoms. The maximum absolute atomic E-state index is 12.3. The second-order valence-corrected chi connectivity index (χ2v) is 7.11. The number of rotatable bonds is 5. The highest BCUT2D eigenvalue weighted by Crippen LogP contribution is 2.47. The number of pyridine rings is 1. The number of anilines is 1. The lowest BCUT2D eigenvalue weighted by atomic mass is 10.2. The van der Waals surface area contributed by atoms with Gasteiger partial charge in [0.25, 0.3) is 0 Å². The Kier molecular flexibility index (Phi) is 4.72. The Balaban J connectivity index is 1.28. The van der Waals surface area contributed by atoms with Crippen molar-refractivity contribution in [2.75, 3.05) is 18.0 Å². The molecule has 2 aliphatic rings. The number of aromatic nitrogens is 1. The van der Waals surface area contributed by atoms with Gasteiger partial charge in [-0.1, -0.05) is 18.9 Å². The predicted octanol–water partition coefficient (Wildman–Crippen LogP) is 3.47. The molecule has 2 fully saturated rings. The van der Waals surface area contributed by atoms with Gasteiger partial charge in [-0.15, -0.1) is 0 Å². The quantitative estimate of drug-likeness (QED) is 0.906. The van der Waals surface area contributed by atoms with Gasteiger partial charge in [0.2, 0.25) is 5.91 Å². The fraction of sp³-hybridized carbons (Fsp3) is 0.500. The second-order valence-electron chi connectivity index (χ2n) is 7.11. The van der Waals surface area contributed by atoms with Crippen molar-refractivity contribution in [1.82, 2.24) is 10.3 Å². The van der Waals surface area contributed by atoms with Gasteiger partial charge in [-0.3, -0.25) is 4.79 Å². The van der Waals surface area contributed by atoms with Crippen molar-refractivity contribution < 1.29 is 9.21 Å². The Hall–Kier alpha value is -2.30. The Morgan fingerprint density at radius 1 is 1.20 bits per heavy atom. The zero-order valence-electron chi connectivity index (χ0n) is 14.5. The molecule has 1 aliphatic carbocycles. The molecule has 1 saturated heterocycles. The van der Waals surface area contributed by atoms with Crippen molar-refractivity contribution in [2.24, 2.45) is 5.92 Å². The molecule has 25 heavy (non-hydrogen) atoms. The Morgan fingerprint density at radius 2 is 2.04 bits per heavy atom. The van der Waals surface area contributed by atoms with Crippen molar-refractivity contribution in [3.05, 3.63) is 48.0 Å². The second kappa shape index (κ2) is 7.30. The van der Waals surface area contributed by atoms with Crippen LogP contribution in [0.4, 0.5) is 5.82 Å². The molecule has 1 amide bonds. The third kappa shape index (κ3) is 3.86. The normalized spacial score (nSPS) is 23.1. The van der Waals surface area contributed by atoms with Crippen molar-refractivity contribution in [1.29, 1.82) is 0 Å². The molecule has 4 rings (SSSR count).